The van der Waals surface area contributed by atoms with Crippen molar-refractivity contribution in [1.29, 1.82) is 0 Å². The molecule has 5 rings (SSSR count). The molecule has 5 nitrogen and oxygen atoms in total. The largest absolute Gasteiger partial charge is 0.366 e. The van der Waals surface area contributed by atoms with Gasteiger partial charge in [0.15, 0.2) is 0 Å². The first-order valence-electron chi connectivity index (χ1n) is 10.3. The zero-order valence-corrected chi connectivity index (χ0v) is 16.4. The number of anilines is 1. The summed E-state index contributed by atoms with van der Waals surface area (Å²) >= 11 is 0. The molecule has 1 fully saturated rings. The lowest BCUT2D eigenvalue weighted by Gasteiger charge is -2.30. The Morgan fingerprint density at radius 2 is 1.89 bits per heavy atom. The monoisotopic (exact) mass is 374 g/mol. The number of carbonyl (C=O) groups excluding carboxylic acids is 1. The number of benzene rings is 2. The first-order valence-corrected chi connectivity index (χ1v) is 10.3. The van der Waals surface area contributed by atoms with Crippen molar-refractivity contribution >= 4 is 22.4 Å². The van der Waals surface area contributed by atoms with Crippen LogP contribution >= 0.6 is 0 Å². The molecule has 1 saturated heterocycles. The molecule has 0 aliphatic carbocycles. The van der Waals surface area contributed by atoms with Gasteiger partial charge >= 0.3 is 0 Å². The predicted octanol–water partition coefficient (Wildman–Crippen LogP) is 3.76. The first-order chi connectivity index (χ1) is 13.7. The van der Waals surface area contributed by atoms with Crippen molar-refractivity contribution in [1.82, 2.24) is 14.7 Å². The Kier molecular flexibility index (Phi) is 4.30. The van der Waals surface area contributed by atoms with Gasteiger partial charge in [0, 0.05) is 68.0 Å². The van der Waals surface area contributed by atoms with Gasteiger partial charge in [0.1, 0.15) is 0 Å². The van der Waals surface area contributed by atoms with Gasteiger partial charge in [-0.15, -0.1) is 0 Å². The van der Waals surface area contributed by atoms with Gasteiger partial charge in [-0.3, -0.25) is 9.48 Å². The Hall–Kier alpha value is -2.82. The average Bonchev–Trinajstić information content (AvgIpc) is 3.12. The Morgan fingerprint density at radius 1 is 1.04 bits per heavy atom. The van der Waals surface area contributed by atoms with Gasteiger partial charge in [-0.2, -0.15) is 5.10 Å². The van der Waals surface area contributed by atoms with Crippen molar-refractivity contribution in [3.63, 3.8) is 0 Å². The molecule has 2 aliphatic heterocycles. The number of rotatable bonds is 2. The zero-order chi connectivity index (χ0) is 19.1. The molecule has 0 N–H and O–H groups in total. The van der Waals surface area contributed by atoms with Crippen LogP contribution in [0.25, 0.3) is 10.8 Å². The third kappa shape index (κ3) is 3.05. The average molecular weight is 374 g/mol. The topological polar surface area (TPSA) is 41.4 Å². The maximum absolute atomic E-state index is 12.9. The van der Waals surface area contributed by atoms with Gasteiger partial charge in [-0.05, 0) is 42.8 Å². The molecule has 2 aromatic carbocycles. The second-order valence-electron chi connectivity index (χ2n) is 8.01. The lowest BCUT2D eigenvalue weighted by atomic mass is 10.0. The van der Waals surface area contributed by atoms with Gasteiger partial charge in [0.25, 0.3) is 5.91 Å². The standard InChI is InChI=1S/C23H26N4O/c1-25-15-19-16-27(13-10-21(19)24-25)22-7-5-6-17-14-18(8-9-20(17)22)23(28)26-11-3-2-4-12-26/h5-9,14-15H,2-4,10-13,16H2,1H3. The van der Waals surface area contributed by atoms with Gasteiger partial charge in [-0.25, -0.2) is 0 Å². The molecule has 0 atom stereocenters. The van der Waals surface area contributed by atoms with E-state index in [4.69, 9.17) is 0 Å². The Balaban J connectivity index is 1.45. The van der Waals surface area contributed by atoms with E-state index < -0.39 is 0 Å². The molecule has 0 spiro atoms. The van der Waals surface area contributed by atoms with Crippen LogP contribution in [0.3, 0.4) is 0 Å². The molecule has 0 radical (unpaired) electrons. The number of fused-ring (bicyclic) bond motifs is 2. The van der Waals surface area contributed by atoms with E-state index in [0.29, 0.717) is 0 Å². The highest BCUT2D eigenvalue weighted by molar-refractivity contribution is 6.02. The SMILES string of the molecule is Cn1cc2c(n1)CCN(c1cccc3cc(C(=O)N4CCCCC4)ccc13)C2. The number of piperidine rings is 1. The molecule has 5 heteroatoms. The van der Waals surface area contributed by atoms with Gasteiger partial charge < -0.3 is 9.80 Å². The Labute approximate surface area is 165 Å². The van der Waals surface area contributed by atoms with Crippen LogP contribution in [0, 0.1) is 0 Å². The molecule has 2 aliphatic rings. The highest BCUT2D eigenvalue weighted by Gasteiger charge is 2.22. The highest BCUT2D eigenvalue weighted by Crippen LogP contribution is 2.31. The fraction of sp³-hybridized carbons (Fsp3) is 0.391. The van der Waals surface area contributed by atoms with E-state index in [1.807, 2.05) is 22.7 Å². The summed E-state index contributed by atoms with van der Waals surface area (Å²) in [6.07, 6.45) is 6.57. The van der Waals surface area contributed by atoms with Crippen molar-refractivity contribution < 1.29 is 4.79 Å². The highest BCUT2D eigenvalue weighted by atomic mass is 16.2. The summed E-state index contributed by atoms with van der Waals surface area (Å²) in [6, 6.07) is 12.6. The number of aromatic nitrogens is 2. The van der Waals surface area contributed by atoms with Crippen LogP contribution in [0.4, 0.5) is 5.69 Å². The van der Waals surface area contributed by atoms with Crippen LogP contribution in [0.15, 0.2) is 42.6 Å². The summed E-state index contributed by atoms with van der Waals surface area (Å²) in [5.74, 6) is 0.171. The minimum Gasteiger partial charge on any atom is -0.366 e. The van der Waals surface area contributed by atoms with Gasteiger partial charge in [-0.1, -0.05) is 18.2 Å². The van der Waals surface area contributed by atoms with Crippen molar-refractivity contribution in [2.75, 3.05) is 24.5 Å². The summed E-state index contributed by atoms with van der Waals surface area (Å²) in [4.78, 5) is 17.3. The smallest absolute Gasteiger partial charge is 0.253 e. The van der Waals surface area contributed by atoms with Crippen molar-refractivity contribution in [2.45, 2.75) is 32.2 Å². The number of amides is 1. The quantitative estimate of drug-likeness (QED) is 0.686. The molecule has 1 amide bonds. The molecular weight excluding hydrogens is 348 g/mol. The normalized spacial score (nSPS) is 17.0. The maximum atomic E-state index is 12.9. The summed E-state index contributed by atoms with van der Waals surface area (Å²) in [5.41, 5.74) is 4.57. The predicted molar refractivity (Wildman–Crippen MR) is 112 cm³/mol. The molecule has 0 unspecified atom stereocenters. The number of likely N-dealkylation sites (tertiary alicyclic amines) is 1. The lowest BCUT2D eigenvalue weighted by Crippen LogP contribution is -2.35. The third-order valence-electron chi connectivity index (χ3n) is 6.06. The number of aryl methyl sites for hydroxylation is 1. The molecule has 0 bridgehead atoms. The summed E-state index contributed by atoms with van der Waals surface area (Å²) < 4.78 is 1.91. The van der Waals surface area contributed by atoms with E-state index in [-0.39, 0.29) is 5.91 Å². The molecule has 3 aromatic rings. The fourth-order valence-corrected chi connectivity index (χ4v) is 4.61. The number of nitrogens with zero attached hydrogens (tertiary/aromatic N) is 4. The fourth-order valence-electron chi connectivity index (χ4n) is 4.61. The number of hydrogen-bond donors (Lipinski definition) is 0. The summed E-state index contributed by atoms with van der Waals surface area (Å²) in [6.45, 7) is 3.63. The van der Waals surface area contributed by atoms with E-state index >= 15 is 0 Å². The second kappa shape index (κ2) is 6.97. The molecule has 3 heterocycles. The zero-order valence-electron chi connectivity index (χ0n) is 16.4. The van der Waals surface area contributed by atoms with E-state index in [2.05, 4.69) is 46.5 Å². The Morgan fingerprint density at radius 3 is 2.75 bits per heavy atom. The van der Waals surface area contributed by atoms with Crippen LogP contribution < -0.4 is 4.90 Å². The van der Waals surface area contributed by atoms with Crippen molar-refractivity contribution in [3.8, 4) is 0 Å². The van der Waals surface area contributed by atoms with Crippen molar-refractivity contribution in [3.05, 3.63) is 59.4 Å². The van der Waals surface area contributed by atoms with Crippen LogP contribution in [0.5, 0.6) is 0 Å². The number of hydrogen-bond acceptors (Lipinski definition) is 3. The summed E-state index contributed by atoms with van der Waals surface area (Å²) in [7, 11) is 1.99. The molecule has 144 valence electrons. The second-order valence-corrected chi connectivity index (χ2v) is 8.01. The van der Waals surface area contributed by atoms with E-state index in [1.54, 1.807) is 0 Å². The Bertz CT molecular complexity index is 1030. The lowest BCUT2D eigenvalue weighted by molar-refractivity contribution is 0.0724. The first kappa shape index (κ1) is 17.3. The van der Waals surface area contributed by atoms with E-state index in [9.17, 15) is 4.79 Å². The third-order valence-corrected chi connectivity index (χ3v) is 6.06. The van der Waals surface area contributed by atoms with Crippen LogP contribution in [-0.4, -0.2) is 40.2 Å². The molecule has 0 saturated carbocycles. The molecule has 28 heavy (non-hydrogen) atoms. The van der Waals surface area contributed by atoms with E-state index in [0.717, 1.165) is 56.4 Å². The molecular formula is C23H26N4O. The van der Waals surface area contributed by atoms with E-state index in [1.165, 1.54) is 28.8 Å². The minimum absolute atomic E-state index is 0.171. The molecule has 1 aromatic heterocycles. The number of carbonyl (C=O) groups is 1. The van der Waals surface area contributed by atoms with Crippen LogP contribution in [0.2, 0.25) is 0 Å². The van der Waals surface area contributed by atoms with Gasteiger partial charge in [0.2, 0.25) is 0 Å². The minimum atomic E-state index is 0.171. The van der Waals surface area contributed by atoms with Gasteiger partial charge in [0.05, 0.1) is 5.69 Å². The maximum Gasteiger partial charge on any atom is 0.253 e. The van der Waals surface area contributed by atoms with Crippen LogP contribution in [-0.2, 0) is 20.0 Å². The van der Waals surface area contributed by atoms with Crippen LogP contribution in [0.1, 0.15) is 40.9 Å². The summed E-state index contributed by atoms with van der Waals surface area (Å²) in [5, 5.41) is 6.91. The van der Waals surface area contributed by atoms with Crippen molar-refractivity contribution in [2.24, 2.45) is 7.05 Å².